The normalized spacial score (nSPS) is 19.7. The number of nitrogens with one attached hydrogen (secondary N) is 2. The minimum atomic E-state index is -4.07. The predicted molar refractivity (Wildman–Crippen MR) is 112 cm³/mol. The highest BCUT2D eigenvalue weighted by Gasteiger charge is 2.29. The first-order valence-electron chi connectivity index (χ1n) is 10.0. The molecule has 0 heterocycles. The van der Waals surface area contributed by atoms with Gasteiger partial charge in [-0.15, -0.1) is 0 Å². The molecule has 5 nitrogen and oxygen atoms in total. The Morgan fingerprint density at radius 2 is 1.79 bits per heavy atom. The third kappa shape index (κ3) is 5.22. The highest BCUT2D eigenvalue weighted by Crippen LogP contribution is 2.26. The van der Waals surface area contributed by atoms with E-state index in [1.165, 1.54) is 6.07 Å². The van der Waals surface area contributed by atoms with Crippen molar-refractivity contribution in [1.82, 2.24) is 4.72 Å². The first kappa shape index (κ1) is 21.5. The molecule has 3 rings (SSSR count). The average Bonchev–Trinajstić information content (AvgIpc) is 2.70. The van der Waals surface area contributed by atoms with Crippen LogP contribution in [0.3, 0.4) is 0 Å². The molecule has 1 aliphatic carbocycles. The van der Waals surface area contributed by atoms with Crippen molar-refractivity contribution in [3.05, 3.63) is 59.4 Å². The molecule has 7 heteroatoms. The van der Waals surface area contributed by atoms with Crippen LogP contribution in [0.1, 0.15) is 55.5 Å². The summed E-state index contributed by atoms with van der Waals surface area (Å²) < 4.78 is 42.5. The number of sulfonamides is 1. The molecule has 2 N–H and O–H groups in total. The molecule has 0 unspecified atom stereocenters. The maximum absolute atomic E-state index is 14.3. The monoisotopic (exact) mass is 418 g/mol. The number of carbonyl (C=O) groups is 1. The number of hydrogen-bond acceptors (Lipinski definition) is 3. The summed E-state index contributed by atoms with van der Waals surface area (Å²) >= 11 is 0. The molecular formula is C22H27FN2O3S. The molecule has 1 fully saturated rings. The zero-order chi connectivity index (χ0) is 21.0. The zero-order valence-corrected chi connectivity index (χ0v) is 17.6. The lowest BCUT2D eigenvalue weighted by atomic mass is 9.87. The van der Waals surface area contributed by atoms with Crippen molar-refractivity contribution in [2.24, 2.45) is 5.92 Å². The predicted octanol–water partition coefficient (Wildman–Crippen LogP) is 4.50. The van der Waals surface area contributed by atoms with Gasteiger partial charge in [-0.1, -0.05) is 38.8 Å². The van der Waals surface area contributed by atoms with Gasteiger partial charge in [0.05, 0.1) is 0 Å². The van der Waals surface area contributed by atoms with Crippen LogP contribution in [0.2, 0.25) is 0 Å². The highest BCUT2D eigenvalue weighted by molar-refractivity contribution is 7.89. The SMILES string of the molecule is CCc1ccc(NC(=O)c2ccc(F)c(S(=O)(=O)N[C@H]3CCCC[C@H]3C)c2)cc1. The molecular weight excluding hydrogens is 391 g/mol. The molecule has 1 aliphatic rings. The Morgan fingerprint density at radius 3 is 2.45 bits per heavy atom. The third-order valence-corrected chi connectivity index (χ3v) is 7.03. The van der Waals surface area contributed by atoms with E-state index in [2.05, 4.69) is 10.0 Å². The Morgan fingerprint density at radius 1 is 1.10 bits per heavy atom. The Bertz CT molecular complexity index is 974. The maximum Gasteiger partial charge on any atom is 0.255 e. The maximum atomic E-state index is 14.3. The Labute approximate surface area is 171 Å². The lowest BCUT2D eigenvalue weighted by molar-refractivity contribution is 0.102. The molecule has 1 saturated carbocycles. The van der Waals surface area contributed by atoms with Gasteiger partial charge in [-0.25, -0.2) is 17.5 Å². The number of halogens is 1. The van der Waals surface area contributed by atoms with Gasteiger partial charge in [-0.3, -0.25) is 4.79 Å². The zero-order valence-electron chi connectivity index (χ0n) is 16.7. The van der Waals surface area contributed by atoms with Gasteiger partial charge >= 0.3 is 0 Å². The largest absolute Gasteiger partial charge is 0.322 e. The number of hydrogen-bond donors (Lipinski definition) is 2. The van der Waals surface area contributed by atoms with Crippen molar-refractivity contribution in [1.29, 1.82) is 0 Å². The van der Waals surface area contributed by atoms with Gasteiger partial charge in [0, 0.05) is 17.3 Å². The van der Waals surface area contributed by atoms with E-state index in [9.17, 15) is 17.6 Å². The van der Waals surface area contributed by atoms with Crippen LogP contribution in [-0.4, -0.2) is 20.4 Å². The van der Waals surface area contributed by atoms with E-state index in [-0.39, 0.29) is 17.5 Å². The summed E-state index contributed by atoms with van der Waals surface area (Å²) in [6.45, 7) is 4.03. The topological polar surface area (TPSA) is 75.3 Å². The second-order valence-corrected chi connectivity index (χ2v) is 9.32. The number of benzene rings is 2. The smallest absolute Gasteiger partial charge is 0.255 e. The van der Waals surface area contributed by atoms with Gasteiger partial charge in [0.1, 0.15) is 10.7 Å². The van der Waals surface area contributed by atoms with Crippen molar-refractivity contribution >= 4 is 21.6 Å². The van der Waals surface area contributed by atoms with Crippen LogP contribution in [0.25, 0.3) is 0 Å². The number of aryl methyl sites for hydroxylation is 1. The van der Waals surface area contributed by atoms with Crippen molar-refractivity contribution < 1.29 is 17.6 Å². The van der Waals surface area contributed by atoms with Crippen molar-refractivity contribution in [2.45, 2.75) is 56.9 Å². The van der Waals surface area contributed by atoms with E-state index in [4.69, 9.17) is 0 Å². The standard InChI is InChI=1S/C22H27FN2O3S/c1-3-16-8-11-18(12-9-16)24-22(26)17-10-13-19(23)21(14-17)29(27,28)25-20-7-5-4-6-15(20)2/h8-15,20,25H,3-7H2,1-2H3,(H,24,26)/t15-,20+/m1/s1. The number of rotatable bonds is 6. The van der Waals surface area contributed by atoms with Crippen LogP contribution >= 0.6 is 0 Å². The van der Waals surface area contributed by atoms with Gasteiger partial charge in [0.2, 0.25) is 10.0 Å². The summed E-state index contributed by atoms with van der Waals surface area (Å²) in [5, 5.41) is 2.72. The molecule has 1 amide bonds. The van der Waals surface area contributed by atoms with Crippen molar-refractivity contribution in [2.75, 3.05) is 5.32 Å². The molecule has 156 valence electrons. The van der Waals surface area contributed by atoms with Gasteiger partial charge < -0.3 is 5.32 Å². The van der Waals surface area contributed by atoms with Crippen LogP contribution in [0.15, 0.2) is 47.4 Å². The van der Waals surface area contributed by atoms with Crippen LogP contribution in [0.5, 0.6) is 0 Å². The van der Waals surface area contributed by atoms with E-state index in [0.29, 0.717) is 5.69 Å². The summed E-state index contributed by atoms with van der Waals surface area (Å²) in [5.41, 5.74) is 1.82. The highest BCUT2D eigenvalue weighted by atomic mass is 32.2. The average molecular weight is 419 g/mol. The van der Waals surface area contributed by atoms with E-state index in [1.807, 2.05) is 26.0 Å². The molecule has 2 atom stereocenters. The fraction of sp³-hybridized carbons (Fsp3) is 0.409. The second kappa shape index (κ2) is 9.05. The molecule has 0 spiro atoms. The quantitative estimate of drug-likeness (QED) is 0.725. The number of amides is 1. The minimum Gasteiger partial charge on any atom is -0.322 e. The van der Waals surface area contributed by atoms with Crippen LogP contribution in [0, 0.1) is 11.7 Å². The Kier molecular flexibility index (Phi) is 6.70. The molecule has 2 aromatic carbocycles. The first-order valence-corrected chi connectivity index (χ1v) is 11.5. The Hall–Kier alpha value is -2.25. The molecule has 0 radical (unpaired) electrons. The first-order chi connectivity index (χ1) is 13.8. The van der Waals surface area contributed by atoms with E-state index < -0.39 is 26.6 Å². The van der Waals surface area contributed by atoms with Crippen LogP contribution < -0.4 is 10.0 Å². The van der Waals surface area contributed by atoms with Crippen molar-refractivity contribution in [3.63, 3.8) is 0 Å². The number of carbonyl (C=O) groups excluding carboxylic acids is 1. The molecule has 2 aromatic rings. The Balaban J connectivity index is 1.80. The summed E-state index contributed by atoms with van der Waals surface area (Å²) in [4.78, 5) is 12.1. The van der Waals surface area contributed by atoms with Gasteiger partial charge in [-0.2, -0.15) is 0 Å². The van der Waals surface area contributed by atoms with Crippen LogP contribution in [0.4, 0.5) is 10.1 Å². The summed E-state index contributed by atoms with van der Waals surface area (Å²) in [5.74, 6) is -1.17. The lowest BCUT2D eigenvalue weighted by Crippen LogP contribution is -2.41. The third-order valence-electron chi connectivity index (χ3n) is 5.52. The summed E-state index contributed by atoms with van der Waals surface area (Å²) in [6, 6.07) is 10.6. The second-order valence-electron chi connectivity index (χ2n) is 7.64. The fourth-order valence-electron chi connectivity index (χ4n) is 3.63. The van der Waals surface area contributed by atoms with Gasteiger partial charge in [-0.05, 0) is 61.1 Å². The van der Waals surface area contributed by atoms with E-state index in [1.54, 1.807) is 12.1 Å². The molecule has 29 heavy (non-hydrogen) atoms. The van der Waals surface area contributed by atoms with Crippen molar-refractivity contribution in [3.8, 4) is 0 Å². The molecule has 0 bridgehead atoms. The molecule has 0 aromatic heterocycles. The fourth-order valence-corrected chi connectivity index (χ4v) is 5.11. The minimum absolute atomic E-state index is 0.0861. The van der Waals surface area contributed by atoms with E-state index in [0.717, 1.165) is 49.8 Å². The molecule has 0 aliphatic heterocycles. The lowest BCUT2D eigenvalue weighted by Gasteiger charge is -2.29. The molecule has 0 saturated heterocycles. The van der Waals surface area contributed by atoms with E-state index >= 15 is 0 Å². The van der Waals surface area contributed by atoms with Crippen LogP contribution in [-0.2, 0) is 16.4 Å². The summed E-state index contributed by atoms with van der Waals surface area (Å²) in [7, 11) is -4.07. The van der Waals surface area contributed by atoms with Gasteiger partial charge in [0.15, 0.2) is 0 Å². The number of anilines is 1. The summed E-state index contributed by atoms with van der Waals surface area (Å²) in [6.07, 6.45) is 4.58. The van der Waals surface area contributed by atoms with Gasteiger partial charge in [0.25, 0.3) is 5.91 Å².